The Morgan fingerprint density at radius 1 is 1.39 bits per heavy atom. The molecule has 0 aliphatic heterocycles. The molecule has 1 aromatic heterocycles. The van der Waals surface area contributed by atoms with Crippen molar-refractivity contribution in [3.05, 3.63) is 50.6 Å². The number of halogens is 1. The minimum Gasteiger partial charge on any atom is -0.494 e. The topological polar surface area (TPSA) is 29.5 Å². The van der Waals surface area contributed by atoms with Crippen molar-refractivity contribution < 1.29 is 9.84 Å². The van der Waals surface area contributed by atoms with Crippen molar-refractivity contribution in [3.8, 4) is 5.75 Å². The average Bonchev–Trinajstić information content (AvgIpc) is 2.75. The molecule has 1 unspecified atom stereocenters. The van der Waals surface area contributed by atoms with Crippen molar-refractivity contribution in [2.45, 2.75) is 19.4 Å². The minimum absolute atomic E-state index is 0.490. The van der Waals surface area contributed by atoms with Crippen molar-refractivity contribution in [2.75, 3.05) is 6.61 Å². The van der Waals surface area contributed by atoms with Crippen LogP contribution >= 0.6 is 27.3 Å². The smallest absolute Gasteiger partial charge is 0.119 e. The molecule has 2 aromatic rings. The zero-order valence-electron chi connectivity index (χ0n) is 10.1. The van der Waals surface area contributed by atoms with Crippen LogP contribution < -0.4 is 4.74 Å². The first-order chi connectivity index (χ1) is 8.69. The molecule has 2 rings (SSSR count). The van der Waals surface area contributed by atoms with E-state index in [-0.39, 0.29) is 0 Å². The summed E-state index contributed by atoms with van der Waals surface area (Å²) in [6.07, 6.45) is 0.141. The first kappa shape index (κ1) is 13.6. The molecule has 1 N–H and O–H groups in total. The lowest BCUT2D eigenvalue weighted by molar-refractivity contribution is 0.179. The minimum atomic E-state index is -0.490. The van der Waals surface area contributed by atoms with Gasteiger partial charge in [0.05, 0.1) is 12.7 Å². The molecule has 0 spiro atoms. The fraction of sp³-hybridized carbons (Fsp3) is 0.286. The van der Waals surface area contributed by atoms with E-state index < -0.39 is 6.10 Å². The van der Waals surface area contributed by atoms with Crippen molar-refractivity contribution in [2.24, 2.45) is 0 Å². The second kappa shape index (κ2) is 6.36. The van der Waals surface area contributed by atoms with E-state index in [1.165, 1.54) is 0 Å². The van der Waals surface area contributed by atoms with Crippen LogP contribution in [0.1, 0.15) is 23.5 Å². The standard InChI is InChI=1S/C14H15BrO2S/c1-2-17-12-5-3-4-10(6-12)14(16)8-13-7-11(15)9-18-13/h3-7,9,14,16H,2,8H2,1H3. The molecule has 0 radical (unpaired) electrons. The number of hydrogen-bond donors (Lipinski definition) is 1. The van der Waals surface area contributed by atoms with Gasteiger partial charge in [-0.3, -0.25) is 0 Å². The number of ether oxygens (including phenoxy) is 1. The number of rotatable bonds is 5. The van der Waals surface area contributed by atoms with Gasteiger partial charge in [-0.2, -0.15) is 0 Å². The van der Waals surface area contributed by atoms with Crippen LogP contribution in [0.4, 0.5) is 0 Å². The van der Waals surface area contributed by atoms with Crippen LogP contribution in [-0.4, -0.2) is 11.7 Å². The molecule has 0 saturated carbocycles. The highest BCUT2D eigenvalue weighted by atomic mass is 79.9. The average molecular weight is 327 g/mol. The normalized spacial score (nSPS) is 12.4. The van der Waals surface area contributed by atoms with E-state index >= 15 is 0 Å². The Bertz CT molecular complexity index is 510. The number of thiophene rings is 1. The Balaban J connectivity index is 2.08. The maximum Gasteiger partial charge on any atom is 0.119 e. The highest BCUT2D eigenvalue weighted by Crippen LogP contribution is 2.27. The highest BCUT2D eigenvalue weighted by Gasteiger charge is 2.10. The van der Waals surface area contributed by atoms with Gasteiger partial charge in [-0.15, -0.1) is 11.3 Å². The maximum atomic E-state index is 10.2. The third kappa shape index (κ3) is 3.57. The predicted molar refractivity (Wildman–Crippen MR) is 78.3 cm³/mol. The summed E-state index contributed by atoms with van der Waals surface area (Å²) in [7, 11) is 0. The molecule has 1 heterocycles. The fourth-order valence-electron chi connectivity index (χ4n) is 1.75. The highest BCUT2D eigenvalue weighted by molar-refractivity contribution is 9.10. The van der Waals surface area contributed by atoms with E-state index in [9.17, 15) is 5.11 Å². The van der Waals surface area contributed by atoms with Crippen LogP contribution in [0, 0.1) is 0 Å². The molecule has 4 heteroatoms. The quantitative estimate of drug-likeness (QED) is 0.892. The van der Waals surface area contributed by atoms with Crippen LogP contribution in [0.15, 0.2) is 40.2 Å². The number of aliphatic hydroxyl groups is 1. The lowest BCUT2D eigenvalue weighted by Crippen LogP contribution is -2.01. The molecule has 96 valence electrons. The molecule has 1 atom stereocenters. The largest absolute Gasteiger partial charge is 0.494 e. The Morgan fingerprint density at radius 3 is 2.89 bits per heavy atom. The molecule has 18 heavy (non-hydrogen) atoms. The lowest BCUT2D eigenvalue weighted by atomic mass is 10.1. The van der Waals surface area contributed by atoms with Gasteiger partial charge in [0.2, 0.25) is 0 Å². The van der Waals surface area contributed by atoms with Gasteiger partial charge < -0.3 is 9.84 Å². The summed E-state index contributed by atoms with van der Waals surface area (Å²) in [4.78, 5) is 1.16. The zero-order chi connectivity index (χ0) is 13.0. The molecule has 1 aromatic carbocycles. The Kier molecular flexibility index (Phi) is 4.80. The summed E-state index contributed by atoms with van der Waals surface area (Å²) in [5.74, 6) is 0.807. The van der Waals surface area contributed by atoms with E-state index in [4.69, 9.17) is 4.74 Å². The number of benzene rings is 1. The summed E-state index contributed by atoms with van der Waals surface area (Å²) in [5.41, 5.74) is 0.894. The second-order valence-corrected chi connectivity index (χ2v) is 5.87. The van der Waals surface area contributed by atoms with E-state index in [0.717, 1.165) is 20.7 Å². The first-order valence-electron chi connectivity index (χ1n) is 5.82. The predicted octanol–water partition coefficient (Wildman–Crippen LogP) is 4.19. The van der Waals surface area contributed by atoms with Crippen LogP contribution in [0.3, 0.4) is 0 Å². The SMILES string of the molecule is CCOc1cccc(C(O)Cc2cc(Br)cs2)c1. The maximum absolute atomic E-state index is 10.2. The Hall–Kier alpha value is -0.840. The Morgan fingerprint density at radius 2 is 2.22 bits per heavy atom. The summed E-state index contributed by atoms with van der Waals surface area (Å²) in [6.45, 7) is 2.59. The van der Waals surface area contributed by atoms with Gasteiger partial charge in [-0.05, 0) is 46.6 Å². The molecule has 2 nitrogen and oxygen atoms in total. The number of aliphatic hydroxyl groups excluding tert-OH is 1. The third-order valence-electron chi connectivity index (χ3n) is 2.57. The molecular formula is C14H15BrO2S. The summed E-state index contributed by atoms with van der Waals surface area (Å²) < 4.78 is 6.50. The van der Waals surface area contributed by atoms with Crippen molar-refractivity contribution >= 4 is 27.3 Å². The van der Waals surface area contributed by atoms with Gasteiger partial charge in [0.15, 0.2) is 0 Å². The second-order valence-electron chi connectivity index (χ2n) is 3.96. The van der Waals surface area contributed by atoms with Gasteiger partial charge in [-0.1, -0.05) is 12.1 Å². The molecule has 0 fully saturated rings. The van der Waals surface area contributed by atoms with Crippen molar-refractivity contribution in [3.63, 3.8) is 0 Å². The van der Waals surface area contributed by atoms with Gasteiger partial charge >= 0.3 is 0 Å². The van der Waals surface area contributed by atoms with Gasteiger partial charge in [-0.25, -0.2) is 0 Å². The fourth-order valence-corrected chi connectivity index (χ4v) is 3.24. The third-order valence-corrected chi connectivity index (χ3v) is 4.29. The Labute approximate surface area is 119 Å². The van der Waals surface area contributed by atoms with Crippen LogP contribution in [0.5, 0.6) is 5.75 Å². The monoisotopic (exact) mass is 326 g/mol. The van der Waals surface area contributed by atoms with E-state index in [1.54, 1.807) is 11.3 Å². The van der Waals surface area contributed by atoms with E-state index in [1.807, 2.05) is 42.6 Å². The van der Waals surface area contributed by atoms with Crippen LogP contribution in [-0.2, 0) is 6.42 Å². The zero-order valence-corrected chi connectivity index (χ0v) is 12.5. The number of hydrogen-bond acceptors (Lipinski definition) is 3. The summed E-state index contributed by atoms with van der Waals surface area (Å²) >= 11 is 5.07. The molecule has 0 bridgehead atoms. The molecule has 0 aliphatic rings. The molecule has 0 aliphatic carbocycles. The van der Waals surface area contributed by atoms with E-state index in [0.29, 0.717) is 13.0 Å². The van der Waals surface area contributed by atoms with E-state index in [2.05, 4.69) is 15.9 Å². The van der Waals surface area contributed by atoms with Gasteiger partial charge in [0.1, 0.15) is 5.75 Å². The van der Waals surface area contributed by atoms with Crippen LogP contribution in [0.25, 0.3) is 0 Å². The van der Waals surface area contributed by atoms with Gasteiger partial charge in [0, 0.05) is 21.2 Å². The molecule has 0 amide bonds. The summed E-state index contributed by atoms with van der Waals surface area (Å²) in [5, 5.41) is 12.2. The summed E-state index contributed by atoms with van der Waals surface area (Å²) in [6, 6.07) is 9.68. The van der Waals surface area contributed by atoms with Crippen molar-refractivity contribution in [1.82, 2.24) is 0 Å². The van der Waals surface area contributed by atoms with Crippen molar-refractivity contribution in [1.29, 1.82) is 0 Å². The molecule has 0 saturated heterocycles. The molecular weight excluding hydrogens is 312 g/mol. The van der Waals surface area contributed by atoms with Crippen LogP contribution in [0.2, 0.25) is 0 Å². The lowest BCUT2D eigenvalue weighted by Gasteiger charge is -2.11. The van der Waals surface area contributed by atoms with Gasteiger partial charge in [0.25, 0.3) is 0 Å². The first-order valence-corrected chi connectivity index (χ1v) is 7.50.